The van der Waals surface area contributed by atoms with Gasteiger partial charge in [0.15, 0.2) is 0 Å². The highest BCUT2D eigenvalue weighted by Gasteiger charge is 2.05. The molecule has 0 aliphatic heterocycles. The Hall–Kier alpha value is -0.740. The minimum Gasteiger partial charge on any atom is -0.312 e. The van der Waals surface area contributed by atoms with Crippen molar-refractivity contribution in [3.05, 3.63) is 12.2 Å². The van der Waals surface area contributed by atoms with Crippen LogP contribution in [0.4, 0.5) is 0 Å². The molecule has 0 aromatic heterocycles. The van der Waals surface area contributed by atoms with Gasteiger partial charge >= 0.3 is 0 Å². The van der Waals surface area contributed by atoms with E-state index in [1.54, 1.807) is 6.08 Å². The van der Waals surface area contributed by atoms with E-state index in [1.807, 2.05) is 6.08 Å². The van der Waals surface area contributed by atoms with Crippen LogP contribution in [0.1, 0.15) is 27.2 Å². The van der Waals surface area contributed by atoms with E-state index in [0.717, 1.165) is 13.0 Å². The third-order valence-corrected chi connectivity index (χ3v) is 1.18. The van der Waals surface area contributed by atoms with E-state index < -0.39 is 0 Å². The van der Waals surface area contributed by atoms with Gasteiger partial charge in [-0.3, -0.25) is 0 Å². The first-order chi connectivity index (χ1) is 5.06. The molecule has 0 saturated carbocycles. The number of hydrogen-bond acceptors (Lipinski definition) is 1. The second-order valence-corrected chi connectivity index (χ2v) is 3.53. The topological polar surface area (TPSA) is 12.0 Å². The van der Waals surface area contributed by atoms with Gasteiger partial charge in [-0.2, -0.15) is 0 Å². The second-order valence-electron chi connectivity index (χ2n) is 3.53. The number of rotatable bonds is 3. The number of allylic oxidation sites excluding steroid dienone is 1. The lowest BCUT2D eigenvalue weighted by molar-refractivity contribution is 0.431. The van der Waals surface area contributed by atoms with Crippen LogP contribution in [0.2, 0.25) is 0 Å². The zero-order valence-corrected chi connectivity index (χ0v) is 7.65. The van der Waals surface area contributed by atoms with Crippen LogP contribution in [0.3, 0.4) is 0 Å². The molecule has 0 rings (SSSR count). The van der Waals surface area contributed by atoms with Crippen LogP contribution in [0.5, 0.6) is 0 Å². The summed E-state index contributed by atoms with van der Waals surface area (Å²) in [6.07, 6.45) is 9.78. The maximum atomic E-state index is 5.04. The molecule has 0 atom stereocenters. The predicted octanol–water partition coefficient (Wildman–Crippen LogP) is 1.95. The Morgan fingerprint density at radius 3 is 2.55 bits per heavy atom. The summed E-state index contributed by atoms with van der Waals surface area (Å²) in [7, 11) is 0. The zero-order chi connectivity index (χ0) is 8.74. The molecule has 0 aliphatic carbocycles. The Labute approximate surface area is 69.9 Å². The van der Waals surface area contributed by atoms with Crippen molar-refractivity contribution in [2.75, 3.05) is 6.54 Å². The minimum atomic E-state index is 0.212. The van der Waals surface area contributed by atoms with Gasteiger partial charge < -0.3 is 5.32 Å². The van der Waals surface area contributed by atoms with E-state index in [2.05, 4.69) is 32.0 Å². The van der Waals surface area contributed by atoms with Gasteiger partial charge in [-0.15, -0.1) is 6.42 Å². The van der Waals surface area contributed by atoms with Crippen molar-refractivity contribution in [2.45, 2.75) is 32.7 Å². The van der Waals surface area contributed by atoms with E-state index in [1.165, 1.54) is 0 Å². The van der Waals surface area contributed by atoms with Gasteiger partial charge in [-0.1, -0.05) is 12.0 Å². The largest absolute Gasteiger partial charge is 0.312 e. The molecule has 1 N–H and O–H groups in total. The molecule has 62 valence electrons. The molecule has 0 unspecified atom stereocenters. The lowest BCUT2D eigenvalue weighted by Gasteiger charge is -2.19. The fourth-order valence-electron chi connectivity index (χ4n) is 0.682. The van der Waals surface area contributed by atoms with Crippen molar-refractivity contribution in [3.63, 3.8) is 0 Å². The maximum Gasteiger partial charge on any atom is 0.00966 e. The highest BCUT2D eigenvalue weighted by molar-refractivity contribution is 5.08. The number of hydrogen-bond donors (Lipinski definition) is 1. The molecule has 0 heterocycles. The summed E-state index contributed by atoms with van der Waals surface area (Å²) >= 11 is 0. The summed E-state index contributed by atoms with van der Waals surface area (Å²) < 4.78 is 0. The third-order valence-electron chi connectivity index (χ3n) is 1.18. The molecular formula is C10H17N. The lowest BCUT2D eigenvalue weighted by Crippen LogP contribution is -2.36. The van der Waals surface area contributed by atoms with E-state index in [4.69, 9.17) is 6.42 Å². The van der Waals surface area contributed by atoms with Crippen molar-refractivity contribution in [3.8, 4) is 12.3 Å². The molecule has 0 spiro atoms. The van der Waals surface area contributed by atoms with Crippen LogP contribution >= 0.6 is 0 Å². The SMILES string of the molecule is C#CC=CCCNC(C)(C)C. The molecule has 0 fully saturated rings. The average molecular weight is 151 g/mol. The molecule has 0 saturated heterocycles. The van der Waals surface area contributed by atoms with Crippen LogP contribution in [0, 0.1) is 12.3 Å². The molecule has 1 nitrogen and oxygen atoms in total. The van der Waals surface area contributed by atoms with Crippen LogP contribution in [0.25, 0.3) is 0 Å². The molecule has 0 aromatic carbocycles. The highest BCUT2D eigenvalue weighted by atomic mass is 14.9. The van der Waals surface area contributed by atoms with Gasteiger partial charge in [0.1, 0.15) is 0 Å². The monoisotopic (exact) mass is 151 g/mol. The minimum absolute atomic E-state index is 0.212. The molecule has 0 bridgehead atoms. The Bertz CT molecular complexity index is 155. The first kappa shape index (κ1) is 10.3. The van der Waals surface area contributed by atoms with Crippen molar-refractivity contribution in [1.82, 2.24) is 5.32 Å². The average Bonchev–Trinajstić information content (AvgIpc) is 1.85. The van der Waals surface area contributed by atoms with Crippen molar-refractivity contribution in [2.24, 2.45) is 0 Å². The zero-order valence-electron chi connectivity index (χ0n) is 7.65. The van der Waals surface area contributed by atoms with E-state index >= 15 is 0 Å². The Kier molecular flexibility index (Phi) is 4.65. The van der Waals surface area contributed by atoms with E-state index in [0.29, 0.717) is 0 Å². The summed E-state index contributed by atoms with van der Waals surface area (Å²) in [4.78, 5) is 0. The first-order valence-electron chi connectivity index (χ1n) is 3.92. The Morgan fingerprint density at radius 2 is 2.09 bits per heavy atom. The standard InChI is InChI=1S/C10H17N/c1-5-6-7-8-9-11-10(2,3)4/h1,6-7,11H,8-9H2,2-4H3. The molecule has 0 aromatic rings. The molecule has 0 amide bonds. The second kappa shape index (κ2) is 4.98. The van der Waals surface area contributed by atoms with E-state index in [-0.39, 0.29) is 5.54 Å². The molecule has 11 heavy (non-hydrogen) atoms. The van der Waals surface area contributed by atoms with Gasteiger partial charge in [0, 0.05) is 5.54 Å². The quantitative estimate of drug-likeness (QED) is 0.480. The van der Waals surface area contributed by atoms with Crippen LogP contribution in [-0.4, -0.2) is 12.1 Å². The van der Waals surface area contributed by atoms with E-state index in [9.17, 15) is 0 Å². The molecule has 1 heteroatoms. The summed E-state index contributed by atoms with van der Waals surface area (Å²) in [6.45, 7) is 7.44. The predicted molar refractivity (Wildman–Crippen MR) is 50.3 cm³/mol. The summed E-state index contributed by atoms with van der Waals surface area (Å²) in [5, 5.41) is 3.36. The third kappa shape index (κ3) is 9.26. The van der Waals surface area contributed by atoms with Crippen molar-refractivity contribution < 1.29 is 0 Å². The summed E-state index contributed by atoms with van der Waals surface area (Å²) in [6, 6.07) is 0. The Balaban J connectivity index is 3.30. The van der Waals surface area contributed by atoms with Gasteiger partial charge in [0.2, 0.25) is 0 Å². The van der Waals surface area contributed by atoms with Gasteiger partial charge in [0.25, 0.3) is 0 Å². The summed E-state index contributed by atoms with van der Waals surface area (Å²) in [5.41, 5.74) is 0.212. The van der Waals surface area contributed by atoms with Gasteiger partial charge in [0.05, 0.1) is 0 Å². The lowest BCUT2D eigenvalue weighted by atomic mass is 10.1. The smallest absolute Gasteiger partial charge is 0.00966 e. The van der Waals surface area contributed by atoms with Crippen LogP contribution in [0.15, 0.2) is 12.2 Å². The van der Waals surface area contributed by atoms with Gasteiger partial charge in [-0.05, 0) is 39.8 Å². The van der Waals surface area contributed by atoms with Crippen LogP contribution < -0.4 is 5.32 Å². The normalized spacial score (nSPS) is 11.8. The maximum absolute atomic E-state index is 5.04. The van der Waals surface area contributed by atoms with Crippen molar-refractivity contribution in [1.29, 1.82) is 0 Å². The fourth-order valence-corrected chi connectivity index (χ4v) is 0.682. The van der Waals surface area contributed by atoms with Gasteiger partial charge in [-0.25, -0.2) is 0 Å². The molecule has 0 aliphatic rings. The molecule has 0 radical (unpaired) electrons. The first-order valence-corrected chi connectivity index (χ1v) is 3.92. The highest BCUT2D eigenvalue weighted by Crippen LogP contribution is 1.97. The Morgan fingerprint density at radius 1 is 1.45 bits per heavy atom. The van der Waals surface area contributed by atoms with Crippen molar-refractivity contribution >= 4 is 0 Å². The molecular weight excluding hydrogens is 134 g/mol. The number of nitrogens with one attached hydrogen (secondary N) is 1. The van der Waals surface area contributed by atoms with Crippen LogP contribution in [-0.2, 0) is 0 Å². The number of terminal acetylenes is 1. The fraction of sp³-hybridized carbons (Fsp3) is 0.600. The summed E-state index contributed by atoms with van der Waals surface area (Å²) in [5.74, 6) is 2.46.